The number of aliphatic carboxylic acids is 1. The van der Waals surface area contributed by atoms with Crippen LogP contribution in [0.5, 0.6) is 0 Å². The number of carboxylic acids is 1. The molecule has 0 fully saturated rings. The molecular formula is C14H21NO2. The summed E-state index contributed by atoms with van der Waals surface area (Å²) in [5, 5.41) is 12.2. The first-order chi connectivity index (χ1) is 7.95. The first-order valence-electron chi connectivity index (χ1n) is 6.02. The van der Waals surface area contributed by atoms with E-state index in [9.17, 15) is 4.79 Å². The molecule has 0 bridgehead atoms. The van der Waals surface area contributed by atoms with Crippen molar-refractivity contribution < 1.29 is 9.90 Å². The van der Waals surface area contributed by atoms with E-state index in [-0.39, 0.29) is 0 Å². The summed E-state index contributed by atoms with van der Waals surface area (Å²) in [6.45, 7) is 6.29. The van der Waals surface area contributed by atoms with Gasteiger partial charge in [-0.1, -0.05) is 19.1 Å². The van der Waals surface area contributed by atoms with E-state index in [1.54, 1.807) is 13.8 Å². The standard InChI is InChI=1S/C14H21NO2/c1-4-11-5-7-12(8-6-11)15-10-9-14(2,3)13(16)17/h5-8,15H,4,9-10H2,1-3H3,(H,16,17). The fourth-order valence-corrected chi connectivity index (χ4v) is 1.48. The Hall–Kier alpha value is -1.51. The molecule has 1 aromatic carbocycles. The highest BCUT2D eigenvalue weighted by Crippen LogP contribution is 2.20. The number of hydrogen-bond acceptors (Lipinski definition) is 2. The number of benzene rings is 1. The van der Waals surface area contributed by atoms with Gasteiger partial charge in [0.25, 0.3) is 0 Å². The summed E-state index contributed by atoms with van der Waals surface area (Å²) >= 11 is 0. The second kappa shape index (κ2) is 5.71. The Morgan fingerprint density at radius 3 is 2.35 bits per heavy atom. The van der Waals surface area contributed by atoms with E-state index >= 15 is 0 Å². The predicted molar refractivity (Wildman–Crippen MR) is 70.3 cm³/mol. The number of aryl methyl sites for hydroxylation is 1. The fraction of sp³-hybridized carbons (Fsp3) is 0.500. The monoisotopic (exact) mass is 235 g/mol. The van der Waals surface area contributed by atoms with Gasteiger partial charge < -0.3 is 10.4 Å². The second-order valence-corrected chi connectivity index (χ2v) is 4.92. The van der Waals surface area contributed by atoms with Gasteiger partial charge in [-0.15, -0.1) is 0 Å². The molecule has 17 heavy (non-hydrogen) atoms. The van der Waals surface area contributed by atoms with Crippen LogP contribution in [0, 0.1) is 5.41 Å². The Morgan fingerprint density at radius 2 is 1.88 bits per heavy atom. The normalized spacial score (nSPS) is 11.2. The van der Waals surface area contributed by atoms with Crippen LogP contribution in [0.3, 0.4) is 0 Å². The second-order valence-electron chi connectivity index (χ2n) is 4.92. The molecule has 2 N–H and O–H groups in total. The van der Waals surface area contributed by atoms with Crippen molar-refractivity contribution in [2.45, 2.75) is 33.6 Å². The minimum absolute atomic E-state index is 0.609. The third kappa shape index (κ3) is 4.10. The number of carbonyl (C=O) groups is 1. The number of anilines is 1. The van der Waals surface area contributed by atoms with Crippen LogP contribution >= 0.6 is 0 Å². The zero-order valence-corrected chi connectivity index (χ0v) is 10.8. The lowest BCUT2D eigenvalue weighted by atomic mass is 9.90. The zero-order chi connectivity index (χ0) is 12.9. The van der Waals surface area contributed by atoms with E-state index < -0.39 is 11.4 Å². The maximum atomic E-state index is 10.9. The van der Waals surface area contributed by atoms with Crippen molar-refractivity contribution in [1.82, 2.24) is 0 Å². The highest BCUT2D eigenvalue weighted by Gasteiger charge is 2.26. The van der Waals surface area contributed by atoms with Crippen molar-refractivity contribution >= 4 is 11.7 Å². The molecule has 1 aromatic rings. The number of rotatable bonds is 6. The first-order valence-corrected chi connectivity index (χ1v) is 6.02. The van der Waals surface area contributed by atoms with E-state index in [1.165, 1.54) is 5.56 Å². The summed E-state index contributed by atoms with van der Waals surface area (Å²) in [6.07, 6.45) is 1.64. The van der Waals surface area contributed by atoms with Crippen LogP contribution in [0.25, 0.3) is 0 Å². The number of carboxylic acid groups (broad SMARTS) is 1. The van der Waals surface area contributed by atoms with Gasteiger partial charge in [-0.25, -0.2) is 0 Å². The molecule has 0 saturated carbocycles. The maximum Gasteiger partial charge on any atom is 0.309 e. The van der Waals surface area contributed by atoms with Gasteiger partial charge >= 0.3 is 5.97 Å². The molecule has 0 unspecified atom stereocenters. The topological polar surface area (TPSA) is 49.3 Å². The van der Waals surface area contributed by atoms with Gasteiger partial charge in [0.2, 0.25) is 0 Å². The summed E-state index contributed by atoms with van der Waals surface area (Å²) in [5.41, 5.74) is 1.68. The summed E-state index contributed by atoms with van der Waals surface area (Å²) < 4.78 is 0. The molecule has 0 saturated heterocycles. The molecule has 3 nitrogen and oxygen atoms in total. The largest absolute Gasteiger partial charge is 0.481 e. The van der Waals surface area contributed by atoms with Gasteiger partial charge in [-0.05, 0) is 44.4 Å². The molecule has 0 aliphatic heterocycles. The Bertz CT molecular complexity index is 368. The van der Waals surface area contributed by atoms with Crippen LogP contribution in [0.15, 0.2) is 24.3 Å². The fourth-order valence-electron chi connectivity index (χ4n) is 1.48. The molecular weight excluding hydrogens is 214 g/mol. The summed E-state index contributed by atoms with van der Waals surface area (Å²) in [5.74, 6) is -0.749. The first kappa shape index (κ1) is 13.6. The van der Waals surface area contributed by atoms with Gasteiger partial charge in [0.15, 0.2) is 0 Å². The molecule has 0 aliphatic carbocycles. The van der Waals surface area contributed by atoms with Crippen LogP contribution in [0.2, 0.25) is 0 Å². The van der Waals surface area contributed by atoms with Crippen LogP contribution in [0.1, 0.15) is 32.8 Å². The van der Waals surface area contributed by atoms with E-state index in [0.29, 0.717) is 13.0 Å². The van der Waals surface area contributed by atoms with Gasteiger partial charge in [-0.2, -0.15) is 0 Å². The Labute approximate surface area is 103 Å². The molecule has 0 radical (unpaired) electrons. The van der Waals surface area contributed by atoms with E-state index in [2.05, 4.69) is 24.4 Å². The van der Waals surface area contributed by atoms with Crippen molar-refractivity contribution in [3.05, 3.63) is 29.8 Å². The lowest BCUT2D eigenvalue weighted by molar-refractivity contribution is -0.147. The Kier molecular flexibility index (Phi) is 4.55. The van der Waals surface area contributed by atoms with Crippen LogP contribution in [-0.4, -0.2) is 17.6 Å². The molecule has 0 amide bonds. The molecule has 3 heteroatoms. The van der Waals surface area contributed by atoms with E-state index in [1.807, 2.05) is 12.1 Å². The van der Waals surface area contributed by atoms with Crippen molar-refractivity contribution in [2.75, 3.05) is 11.9 Å². The van der Waals surface area contributed by atoms with Gasteiger partial charge in [0.05, 0.1) is 5.41 Å². The minimum Gasteiger partial charge on any atom is -0.481 e. The van der Waals surface area contributed by atoms with Gasteiger partial charge in [-0.3, -0.25) is 4.79 Å². The number of hydrogen-bond donors (Lipinski definition) is 2. The average Bonchev–Trinajstić information content (AvgIpc) is 2.29. The third-order valence-electron chi connectivity index (χ3n) is 3.02. The summed E-state index contributed by atoms with van der Waals surface area (Å²) in [6, 6.07) is 8.24. The third-order valence-corrected chi connectivity index (χ3v) is 3.02. The summed E-state index contributed by atoms with van der Waals surface area (Å²) in [7, 11) is 0. The van der Waals surface area contributed by atoms with Crippen LogP contribution < -0.4 is 5.32 Å². The molecule has 0 aliphatic rings. The minimum atomic E-state index is -0.749. The lowest BCUT2D eigenvalue weighted by Gasteiger charge is -2.19. The molecule has 0 heterocycles. The van der Waals surface area contributed by atoms with Crippen molar-refractivity contribution in [1.29, 1.82) is 0 Å². The highest BCUT2D eigenvalue weighted by atomic mass is 16.4. The van der Waals surface area contributed by atoms with Crippen molar-refractivity contribution in [3.63, 3.8) is 0 Å². The SMILES string of the molecule is CCc1ccc(NCCC(C)(C)C(=O)O)cc1. The van der Waals surface area contributed by atoms with Gasteiger partial charge in [0, 0.05) is 12.2 Å². The zero-order valence-electron chi connectivity index (χ0n) is 10.8. The smallest absolute Gasteiger partial charge is 0.309 e. The van der Waals surface area contributed by atoms with E-state index in [4.69, 9.17) is 5.11 Å². The van der Waals surface area contributed by atoms with Crippen LogP contribution in [-0.2, 0) is 11.2 Å². The Morgan fingerprint density at radius 1 is 1.29 bits per heavy atom. The molecule has 0 atom stereocenters. The molecule has 0 spiro atoms. The summed E-state index contributed by atoms with van der Waals surface area (Å²) in [4.78, 5) is 10.9. The van der Waals surface area contributed by atoms with Gasteiger partial charge in [0.1, 0.15) is 0 Å². The molecule has 94 valence electrons. The predicted octanol–water partition coefficient (Wildman–Crippen LogP) is 3.16. The molecule has 1 rings (SSSR count). The quantitative estimate of drug-likeness (QED) is 0.796. The highest BCUT2D eigenvalue weighted by molar-refractivity contribution is 5.73. The lowest BCUT2D eigenvalue weighted by Crippen LogP contribution is -2.26. The van der Waals surface area contributed by atoms with Crippen molar-refractivity contribution in [3.8, 4) is 0 Å². The van der Waals surface area contributed by atoms with E-state index in [0.717, 1.165) is 12.1 Å². The van der Waals surface area contributed by atoms with Crippen LogP contribution in [0.4, 0.5) is 5.69 Å². The average molecular weight is 235 g/mol. The molecule has 0 aromatic heterocycles. The van der Waals surface area contributed by atoms with Crippen molar-refractivity contribution in [2.24, 2.45) is 5.41 Å². The maximum absolute atomic E-state index is 10.9. The number of nitrogens with one attached hydrogen (secondary N) is 1. The Balaban J connectivity index is 2.43.